The van der Waals surface area contributed by atoms with Crippen LogP contribution in [0.25, 0.3) is 0 Å². The average molecular weight is 614 g/mol. The van der Waals surface area contributed by atoms with E-state index in [1.54, 1.807) is 55.5 Å². The predicted molar refractivity (Wildman–Crippen MR) is 164 cm³/mol. The lowest BCUT2D eigenvalue weighted by atomic mass is 10.1. The molecular formula is C34H35N3O8. The number of hydrogen-bond acceptors (Lipinski definition) is 9. The number of rotatable bonds is 13. The van der Waals surface area contributed by atoms with Gasteiger partial charge in [0.2, 0.25) is 5.91 Å². The summed E-state index contributed by atoms with van der Waals surface area (Å²) in [6.07, 6.45) is 1.18. The molecular weight excluding hydrogens is 578 g/mol. The number of nitrogens with one attached hydrogen (secondary N) is 1. The molecule has 0 bridgehead atoms. The third kappa shape index (κ3) is 7.38. The van der Waals surface area contributed by atoms with Gasteiger partial charge >= 0.3 is 11.9 Å². The van der Waals surface area contributed by atoms with Crippen molar-refractivity contribution in [1.82, 2.24) is 10.2 Å². The van der Waals surface area contributed by atoms with E-state index >= 15 is 0 Å². The number of para-hydroxylation sites is 2. The van der Waals surface area contributed by atoms with Crippen LogP contribution in [0.3, 0.4) is 0 Å². The Morgan fingerprint density at radius 2 is 1.53 bits per heavy atom. The molecule has 2 atom stereocenters. The van der Waals surface area contributed by atoms with Gasteiger partial charge in [-0.05, 0) is 56.0 Å². The molecule has 2 heterocycles. The molecule has 11 nitrogen and oxygen atoms in total. The lowest BCUT2D eigenvalue weighted by molar-refractivity contribution is -0.147. The van der Waals surface area contributed by atoms with Crippen LogP contribution in [0.1, 0.15) is 52.5 Å². The maximum Gasteiger partial charge on any atom is 0.326 e. The molecule has 234 valence electrons. The van der Waals surface area contributed by atoms with Gasteiger partial charge in [-0.25, -0.2) is 0 Å². The highest BCUT2D eigenvalue weighted by Crippen LogP contribution is 2.31. The topological polar surface area (TPSA) is 132 Å². The molecule has 5 rings (SSSR count). The fourth-order valence-electron chi connectivity index (χ4n) is 5.36. The number of anilines is 1. The Labute approximate surface area is 261 Å². The van der Waals surface area contributed by atoms with Crippen molar-refractivity contribution in [3.05, 3.63) is 95.6 Å². The minimum Gasteiger partial charge on any atom is -0.489 e. The number of hydrogen-bond donors (Lipinski definition) is 1. The van der Waals surface area contributed by atoms with E-state index < -0.39 is 29.9 Å². The first-order valence-corrected chi connectivity index (χ1v) is 15.0. The van der Waals surface area contributed by atoms with Gasteiger partial charge in [0.15, 0.2) is 0 Å². The summed E-state index contributed by atoms with van der Waals surface area (Å²) in [5.74, 6) is -1.85. The number of imide groups is 1. The summed E-state index contributed by atoms with van der Waals surface area (Å²) in [5.41, 5.74) is 2.00. The maximum absolute atomic E-state index is 13.9. The SMILES string of the molecule is CCOC(=O)[C@@H](CCCCN1C(=O)c2ccccc2C1=O)N[C@H]1COc2ccccc2N(CC(=O)OCc2ccccc2)C1=O. The van der Waals surface area contributed by atoms with Crippen LogP contribution in [-0.2, 0) is 30.5 Å². The van der Waals surface area contributed by atoms with Crippen LogP contribution in [0.5, 0.6) is 5.75 Å². The van der Waals surface area contributed by atoms with Crippen LogP contribution in [0.15, 0.2) is 78.9 Å². The highest BCUT2D eigenvalue weighted by atomic mass is 16.5. The number of carbonyl (C=O) groups excluding carboxylic acids is 5. The summed E-state index contributed by atoms with van der Waals surface area (Å²) < 4.78 is 16.7. The highest BCUT2D eigenvalue weighted by Gasteiger charge is 2.37. The summed E-state index contributed by atoms with van der Waals surface area (Å²) in [7, 11) is 0. The third-order valence-corrected chi connectivity index (χ3v) is 7.63. The lowest BCUT2D eigenvalue weighted by Crippen LogP contribution is -2.55. The van der Waals surface area contributed by atoms with Gasteiger partial charge < -0.3 is 14.2 Å². The number of esters is 2. The molecule has 3 aromatic rings. The molecule has 0 spiro atoms. The van der Waals surface area contributed by atoms with Crippen molar-refractivity contribution in [2.75, 3.05) is 31.2 Å². The van der Waals surface area contributed by atoms with E-state index in [-0.39, 0.29) is 51.1 Å². The van der Waals surface area contributed by atoms with Crippen molar-refractivity contribution < 1.29 is 38.2 Å². The largest absolute Gasteiger partial charge is 0.489 e. The Balaban J connectivity index is 1.23. The quantitative estimate of drug-likeness (QED) is 0.175. The van der Waals surface area contributed by atoms with Gasteiger partial charge in [-0.15, -0.1) is 0 Å². The van der Waals surface area contributed by atoms with E-state index in [1.807, 2.05) is 30.3 Å². The second-order valence-electron chi connectivity index (χ2n) is 10.7. The highest BCUT2D eigenvalue weighted by molar-refractivity contribution is 6.21. The predicted octanol–water partition coefficient (Wildman–Crippen LogP) is 3.51. The number of carbonyl (C=O) groups is 5. The van der Waals surface area contributed by atoms with Gasteiger partial charge in [-0.3, -0.25) is 39.1 Å². The first kappa shape index (κ1) is 31.4. The molecule has 45 heavy (non-hydrogen) atoms. The molecule has 0 fully saturated rings. The van der Waals surface area contributed by atoms with E-state index in [0.29, 0.717) is 35.4 Å². The van der Waals surface area contributed by atoms with Gasteiger partial charge in [0, 0.05) is 6.54 Å². The number of fused-ring (bicyclic) bond motifs is 2. The maximum atomic E-state index is 13.9. The van der Waals surface area contributed by atoms with Crippen molar-refractivity contribution in [1.29, 1.82) is 0 Å². The molecule has 3 amide bonds. The molecule has 0 saturated heterocycles. The molecule has 2 aliphatic heterocycles. The Bertz CT molecular complexity index is 1520. The van der Waals surface area contributed by atoms with E-state index in [4.69, 9.17) is 14.2 Å². The molecule has 0 saturated carbocycles. The number of unbranched alkanes of at least 4 members (excludes halogenated alkanes) is 1. The Morgan fingerprint density at radius 1 is 0.867 bits per heavy atom. The zero-order valence-electron chi connectivity index (χ0n) is 25.0. The number of amides is 3. The Morgan fingerprint density at radius 3 is 2.24 bits per heavy atom. The van der Waals surface area contributed by atoms with Crippen molar-refractivity contribution >= 4 is 35.3 Å². The minimum absolute atomic E-state index is 0.0627. The van der Waals surface area contributed by atoms with E-state index in [2.05, 4.69) is 5.32 Å². The number of ether oxygens (including phenoxy) is 3. The molecule has 2 aliphatic rings. The molecule has 3 aromatic carbocycles. The second kappa shape index (κ2) is 14.6. The van der Waals surface area contributed by atoms with Crippen molar-refractivity contribution in [2.24, 2.45) is 0 Å². The van der Waals surface area contributed by atoms with Crippen molar-refractivity contribution in [3.8, 4) is 5.75 Å². The number of nitrogens with zero attached hydrogens (tertiary/aromatic N) is 2. The van der Waals surface area contributed by atoms with Gasteiger partial charge in [0.05, 0.1) is 23.4 Å². The standard InChI is InChI=1S/C34H35N3O8/c1-2-43-34(42)26(16-10-11-19-36-31(39)24-14-6-7-15-25(24)32(36)40)35-27-22-44-29-18-9-8-17-28(29)37(33(27)41)20-30(38)45-21-23-12-4-3-5-13-23/h3-9,12-15,17-18,26-27,35H,2,10-11,16,19-22H2,1H3/t26-,27+/m1/s1. The summed E-state index contributed by atoms with van der Waals surface area (Å²) >= 11 is 0. The fourth-order valence-corrected chi connectivity index (χ4v) is 5.36. The molecule has 11 heteroatoms. The second-order valence-corrected chi connectivity index (χ2v) is 10.7. The summed E-state index contributed by atoms with van der Waals surface area (Å²) in [6.45, 7) is 1.65. The molecule has 0 aromatic heterocycles. The summed E-state index contributed by atoms with van der Waals surface area (Å²) in [6, 6.07) is 20.9. The van der Waals surface area contributed by atoms with Gasteiger partial charge in [0.1, 0.15) is 37.6 Å². The van der Waals surface area contributed by atoms with Crippen LogP contribution in [0.2, 0.25) is 0 Å². The van der Waals surface area contributed by atoms with Crippen LogP contribution in [-0.4, -0.2) is 72.9 Å². The van der Waals surface area contributed by atoms with Crippen LogP contribution in [0.4, 0.5) is 5.69 Å². The average Bonchev–Trinajstić information content (AvgIpc) is 3.22. The first-order valence-electron chi connectivity index (χ1n) is 15.0. The summed E-state index contributed by atoms with van der Waals surface area (Å²) in [5, 5.41) is 3.10. The smallest absolute Gasteiger partial charge is 0.326 e. The summed E-state index contributed by atoms with van der Waals surface area (Å²) in [4.78, 5) is 67.6. The fraction of sp³-hybridized carbons (Fsp3) is 0.324. The van der Waals surface area contributed by atoms with E-state index in [1.165, 1.54) is 9.80 Å². The van der Waals surface area contributed by atoms with Gasteiger partial charge in [-0.2, -0.15) is 0 Å². The molecule has 1 N–H and O–H groups in total. The zero-order valence-corrected chi connectivity index (χ0v) is 25.0. The van der Waals surface area contributed by atoms with Gasteiger partial charge in [0.25, 0.3) is 11.8 Å². The van der Waals surface area contributed by atoms with Crippen molar-refractivity contribution in [2.45, 2.75) is 44.9 Å². The minimum atomic E-state index is -0.982. The first-order chi connectivity index (χ1) is 21.9. The monoisotopic (exact) mass is 613 g/mol. The van der Waals surface area contributed by atoms with Crippen LogP contribution in [0, 0.1) is 0 Å². The molecule has 0 unspecified atom stereocenters. The van der Waals surface area contributed by atoms with Crippen molar-refractivity contribution in [3.63, 3.8) is 0 Å². The third-order valence-electron chi connectivity index (χ3n) is 7.63. The zero-order chi connectivity index (χ0) is 31.8. The molecule has 0 radical (unpaired) electrons. The van der Waals surface area contributed by atoms with E-state index in [0.717, 1.165) is 5.56 Å². The van der Waals surface area contributed by atoms with Crippen LogP contribution < -0.4 is 15.0 Å². The number of benzene rings is 3. The van der Waals surface area contributed by atoms with E-state index in [9.17, 15) is 24.0 Å². The Hall–Kier alpha value is -5.03. The van der Waals surface area contributed by atoms with Crippen LogP contribution >= 0.6 is 0 Å². The Kier molecular flexibility index (Phi) is 10.2. The lowest BCUT2D eigenvalue weighted by Gasteiger charge is -2.26. The van der Waals surface area contributed by atoms with Gasteiger partial charge in [-0.1, -0.05) is 54.6 Å². The molecule has 0 aliphatic carbocycles. The normalized spacial score (nSPS) is 16.4.